The Hall–Kier alpha value is -1.41. The summed E-state index contributed by atoms with van der Waals surface area (Å²) < 4.78 is 61.0. The van der Waals surface area contributed by atoms with Crippen molar-refractivity contribution in [1.82, 2.24) is 0 Å². The quantitative estimate of drug-likeness (QED) is 0.208. The molecule has 0 amide bonds. The van der Waals surface area contributed by atoms with Crippen molar-refractivity contribution in [3.63, 3.8) is 0 Å². The van der Waals surface area contributed by atoms with Gasteiger partial charge in [0.2, 0.25) is 0 Å². The van der Waals surface area contributed by atoms with Gasteiger partial charge in [-0.15, -0.1) is 0 Å². The lowest BCUT2D eigenvalue weighted by molar-refractivity contribution is -0.315. The highest BCUT2D eigenvalue weighted by Crippen LogP contribution is 2.49. The standard InChI is InChI=1S/C47H70O11/c1-25-16-35-38(22-44(49)55-35)54-43-21-37-39(58-46(43,4)23-25)17-26(2)29-19-28-10-8-14-34-33(51-31(28)11-6-7-12-32(29)52-37)13-9-15-42-47(5,57-34)24-41-36(53-42)20-40-45(56-41)30(48)18-27(3)50-40/h6-8,14,25-43,45,48H,9-13,15-24H2,1-5H3/b7-6-,14-8-/t25-,26+,27-,28-,29-,30+,31?,32?,33?,34-,35+,36?,37?,38?,39+,40?,41-,42?,43?,45+,46-,47+/m1/s1. The fraction of sp³-hybridized carbons (Fsp3) is 0.894. The summed E-state index contributed by atoms with van der Waals surface area (Å²) in [5, 5.41) is 10.9. The molecule has 9 aliphatic heterocycles. The van der Waals surface area contributed by atoms with Gasteiger partial charge in [0.05, 0.1) is 90.9 Å². The molecule has 11 heteroatoms. The Labute approximate surface area is 345 Å². The first kappa shape index (κ1) is 40.6. The first-order valence-electron chi connectivity index (χ1n) is 23.4. The number of aliphatic hydroxyl groups excluding tert-OH is 1. The number of aliphatic hydroxyl groups is 1. The molecule has 0 saturated carbocycles. The highest BCUT2D eigenvalue weighted by Gasteiger charge is 2.57. The number of esters is 1. The van der Waals surface area contributed by atoms with Crippen molar-refractivity contribution in [2.75, 3.05) is 0 Å². The van der Waals surface area contributed by atoms with E-state index in [9.17, 15) is 9.90 Å². The molecule has 10 aliphatic rings. The SMILES string of the molecule is C[C@@H]1C[C@@H]2OC(=O)CC2OC2CC3OC4C/C=C\CC5OC6CCCC7OC8CC9O[C@H](C)C[C@H](O)[C@@H]9O[C@@H]8C[C@]7(C)O[C@@H]6/C=C\C[C@@H]5C[C@@H]4[C@@H](C)C[C@@H]3O[C@]2(C)C1. The van der Waals surface area contributed by atoms with Crippen molar-refractivity contribution in [2.24, 2.45) is 23.7 Å². The van der Waals surface area contributed by atoms with Crippen molar-refractivity contribution in [1.29, 1.82) is 0 Å². The summed E-state index contributed by atoms with van der Waals surface area (Å²) in [4.78, 5) is 12.3. The van der Waals surface area contributed by atoms with E-state index in [4.69, 9.17) is 42.6 Å². The minimum Gasteiger partial charge on any atom is -0.459 e. The van der Waals surface area contributed by atoms with Crippen LogP contribution in [-0.4, -0.2) is 120 Å². The third-order valence-corrected chi connectivity index (χ3v) is 16.3. The van der Waals surface area contributed by atoms with Crippen LogP contribution in [0.15, 0.2) is 24.3 Å². The van der Waals surface area contributed by atoms with Gasteiger partial charge in [0.25, 0.3) is 0 Å². The van der Waals surface area contributed by atoms with E-state index in [-0.39, 0.29) is 97.5 Å². The largest absolute Gasteiger partial charge is 0.459 e. The van der Waals surface area contributed by atoms with E-state index in [1.165, 1.54) is 0 Å². The van der Waals surface area contributed by atoms with E-state index in [1.807, 2.05) is 6.92 Å². The molecule has 0 bridgehead atoms. The molecule has 11 nitrogen and oxygen atoms in total. The number of allylic oxidation sites excluding steroid dienone is 1. The van der Waals surface area contributed by atoms with Crippen molar-refractivity contribution in [2.45, 2.75) is 240 Å². The Morgan fingerprint density at radius 1 is 0.621 bits per heavy atom. The molecule has 9 unspecified atom stereocenters. The third kappa shape index (κ3) is 7.82. The fourth-order valence-corrected chi connectivity index (χ4v) is 13.4. The molecule has 58 heavy (non-hydrogen) atoms. The topological polar surface area (TPSA) is 120 Å². The van der Waals surface area contributed by atoms with E-state index >= 15 is 0 Å². The Morgan fingerprint density at radius 2 is 1.40 bits per heavy atom. The molecular formula is C47H70O11. The third-order valence-electron chi connectivity index (χ3n) is 16.3. The molecule has 0 aromatic heterocycles. The van der Waals surface area contributed by atoms with E-state index in [2.05, 4.69) is 52.0 Å². The zero-order valence-electron chi connectivity index (χ0n) is 35.5. The summed E-state index contributed by atoms with van der Waals surface area (Å²) in [5.41, 5.74) is -0.962. The molecule has 22 atom stereocenters. The Morgan fingerprint density at radius 3 is 2.26 bits per heavy atom. The molecule has 9 heterocycles. The van der Waals surface area contributed by atoms with Crippen LogP contribution in [0.1, 0.15) is 131 Å². The van der Waals surface area contributed by atoms with Crippen LogP contribution < -0.4 is 0 Å². The number of hydrogen-bond donors (Lipinski definition) is 1. The average molecular weight is 811 g/mol. The maximum atomic E-state index is 12.3. The van der Waals surface area contributed by atoms with Crippen molar-refractivity contribution >= 4 is 5.97 Å². The summed E-state index contributed by atoms with van der Waals surface area (Å²) in [7, 11) is 0. The molecule has 1 aliphatic carbocycles. The Kier molecular flexibility index (Phi) is 11.2. The van der Waals surface area contributed by atoms with Gasteiger partial charge in [-0.2, -0.15) is 0 Å². The minimum absolute atomic E-state index is 0.00898. The lowest BCUT2D eigenvalue weighted by atomic mass is 9.75. The van der Waals surface area contributed by atoms with Gasteiger partial charge < -0.3 is 47.7 Å². The van der Waals surface area contributed by atoms with Gasteiger partial charge in [0.15, 0.2) is 0 Å². The lowest BCUT2D eigenvalue weighted by Gasteiger charge is -2.55. The van der Waals surface area contributed by atoms with Crippen LogP contribution in [0, 0.1) is 23.7 Å². The van der Waals surface area contributed by atoms with E-state index < -0.39 is 17.3 Å². The van der Waals surface area contributed by atoms with Crippen LogP contribution >= 0.6 is 0 Å². The van der Waals surface area contributed by atoms with Crippen molar-refractivity contribution < 1.29 is 52.5 Å². The molecule has 8 saturated heterocycles. The number of fused-ring (bicyclic) bond motifs is 9. The monoisotopic (exact) mass is 810 g/mol. The van der Waals surface area contributed by atoms with E-state index in [0.717, 1.165) is 83.5 Å². The predicted octanol–water partition coefficient (Wildman–Crippen LogP) is 6.69. The van der Waals surface area contributed by atoms with Gasteiger partial charge in [-0.05, 0) is 109 Å². The van der Waals surface area contributed by atoms with Gasteiger partial charge >= 0.3 is 5.97 Å². The predicted molar refractivity (Wildman–Crippen MR) is 213 cm³/mol. The van der Waals surface area contributed by atoms with Crippen molar-refractivity contribution in [3.05, 3.63) is 24.3 Å². The molecule has 0 aromatic rings. The van der Waals surface area contributed by atoms with Crippen LogP contribution in [0.25, 0.3) is 0 Å². The maximum Gasteiger partial charge on any atom is 0.308 e. The summed E-state index contributed by atoms with van der Waals surface area (Å²) >= 11 is 0. The van der Waals surface area contributed by atoms with Crippen LogP contribution in [-0.2, 0) is 47.4 Å². The van der Waals surface area contributed by atoms with Gasteiger partial charge in [-0.3, -0.25) is 4.79 Å². The van der Waals surface area contributed by atoms with Crippen LogP contribution in [0.4, 0.5) is 0 Å². The summed E-state index contributed by atoms with van der Waals surface area (Å²) in [6.45, 7) is 11.2. The summed E-state index contributed by atoms with van der Waals surface area (Å²) in [5.74, 6) is 1.36. The first-order valence-corrected chi connectivity index (χ1v) is 23.4. The van der Waals surface area contributed by atoms with Gasteiger partial charge in [-0.1, -0.05) is 38.2 Å². The fourth-order valence-electron chi connectivity index (χ4n) is 13.4. The number of ether oxygens (including phenoxy) is 9. The Balaban J connectivity index is 0.837. The van der Waals surface area contributed by atoms with Gasteiger partial charge in [0, 0.05) is 25.7 Å². The molecule has 10 rings (SSSR count). The second kappa shape index (κ2) is 16.1. The zero-order chi connectivity index (χ0) is 39.9. The molecule has 324 valence electrons. The smallest absolute Gasteiger partial charge is 0.308 e. The number of hydrogen-bond acceptors (Lipinski definition) is 11. The molecule has 0 spiro atoms. The number of rotatable bonds is 0. The molecule has 1 N–H and O–H groups in total. The van der Waals surface area contributed by atoms with E-state index in [0.29, 0.717) is 36.5 Å². The molecular weight excluding hydrogens is 741 g/mol. The van der Waals surface area contributed by atoms with Crippen LogP contribution in [0.5, 0.6) is 0 Å². The summed E-state index contributed by atoms with van der Waals surface area (Å²) in [6.07, 6.45) is 20.0. The second-order valence-electron chi connectivity index (χ2n) is 20.9. The van der Waals surface area contributed by atoms with Crippen LogP contribution in [0.3, 0.4) is 0 Å². The summed E-state index contributed by atoms with van der Waals surface area (Å²) in [6, 6.07) is 0. The van der Waals surface area contributed by atoms with Gasteiger partial charge in [0.1, 0.15) is 24.4 Å². The van der Waals surface area contributed by atoms with E-state index in [1.54, 1.807) is 0 Å². The van der Waals surface area contributed by atoms with Crippen LogP contribution in [0.2, 0.25) is 0 Å². The van der Waals surface area contributed by atoms with Gasteiger partial charge in [-0.25, -0.2) is 0 Å². The number of carbonyl (C=O) groups is 1. The Bertz CT molecular complexity index is 1550. The molecule has 0 aromatic carbocycles. The normalized spacial score (nSPS) is 56.8. The first-order chi connectivity index (χ1) is 27.9. The minimum atomic E-state index is -0.533. The lowest BCUT2D eigenvalue weighted by Crippen LogP contribution is -2.65. The average Bonchev–Trinajstić information content (AvgIpc) is 3.46. The van der Waals surface area contributed by atoms with Crippen molar-refractivity contribution in [3.8, 4) is 0 Å². The highest BCUT2D eigenvalue weighted by atomic mass is 16.6. The number of carbonyl (C=O) groups excluding carboxylic acids is 1. The molecule has 8 fully saturated rings. The maximum absolute atomic E-state index is 12.3. The highest BCUT2D eigenvalue weighted by molar-refractivity contribution is 5.72. The molecule has 0 radical (unpaired) electrons. The second-order valence-corrected chi connectivity index (χ2v) is 20.9. The zero-order valence-corrected chi connectivity index (χ0v) is 35.5.